The Hall–Kier alpha value is -6.78. The number of hydrogen-bond donors (Lipinski definition) is 5. The first kappa shape index (κ1) is 37.8. The molecule has 59 heavy (non-hydrogen) atoms. The Morgan fingerprint density at radius 2 is 1.59 bits per heavy atom. The van der Waals surface area contributed by atoms with Crippen molar-refractivity contribution >= 4 is 34.5 Å². The van der Waals surface area contributed by atoms with Crippen LogP contribution in [0.25, 0.3) is 11.0 Å². The number of anilines is 1. The molecule has 0 unspecified atom stereocenters. The van der Waals surface area contributed by atoms with Crippen LogP contribution in [0.3, 0.4) is 0 Å². The SMILES string of the molecule is O=C1O[C@@H](c2ccccc2)[C@@H](c2ccccc2)N2[C@@H](c3cccc(OCCO)c3)[C@]3(C(=O)Nc4ccc(C#CCCO)cc43)[C@@H](C(=O)NCc3nc4ccccc4[nH]3)[C@H]12. The standard InChI is InChI=1S/C47H41N5O7/c53-23-10-9-12-29-21-22-35-34(26-29)47(46(57)51-35)39(44(55)48-28-38-49-36-19-7-8-20-37(36)50-38)41-45(56)59-42(31-15-5-2-6-16-31)40(30-13-3-1-4-14-30)52(41)43(47)32-17-11-18-33(27-32)58-25-24-54/h1-8,11,13-22,26-27,39-43,53-54H,10,23-25,28H2,(H,48,55)(H,49,50)(H,51,57)/t39-,40-,41-,42+,43+,47-/m1/s1. The van der Waals surface area contributed by atoms with E-state index in [1.165, 1.54) is 0 Å². The molecule has 1 aromatic heterocycles. The predicted molar refractivity (Wildman–Crippen MR) is 219 cm³/mol. The van der Waals surface area contributed by atoms with Gasteiger partial charge in [0.25, 0.3) is 0 Å². The molecule has 4 heterocycles. The Bertz CT molecular complexity index is 2570. The molecular weight excluding hydrogens is 747 g/mol. The molecule has 3 aliphatic heterocycles. The Kier molecular flexibility index (Phi) is 10.2. The number of nitrogens with one attached hydrogen (secondary N) is 3. The maximum atomic E-state index is 15.4. The van der Waals surface area contributed by atoms with Crippen LogP contribution in [0.2, 0.25) is 0 Å². The fraction of sp³-hybridized carbons (Fsp3) is 0.234. The lowest BCUT2D eigenvalue weighted by Gasteiger charge is -2.46. The van der Waals surface area contributed by atoms with E-state index in [-0.39, 0.29) is 32.8 Å². The van der Waals surface area contributed by atoms with Crippen LogP contribution in [0.15, 0.2) is 127 Å². The summed E-state index contributed by atoms with van der Waals surface area (Å²) in [4.78, 5) is 55.7. The molecule has 12 nitrogen and oxygen atoms in total. The first-order valence-electron chi connectivity index (χ1n) is 19.6. The summed E-state index contributed by atoms with van der Waals surface area (Å²) in [5.41, 5.74) is 3.53. The summed E-state index contributed by atoms with van der Waals surface area (Å²) in [5, 5.41) is 25.3. The minimum Gasteiger partial charge on any atom is -0.491 e. The molecule has 1 spiro atoms. The van der Waals surface area contributed by atoms with E-state index in [1.807, 2.05) is 108 Å². The first-order valence-corrected chi connectivity index (χ1v) is 19.6. The van der Waals surface area contributed by atoms with Crippen molar-refractivity contribution in [2.45, 2.75) is 42.6 Å². The number of amides is 2. The largest absolute Gasteiger partial charge is 0.491 e. The van der Waals surface area contributed by atoms with Gasteiger partial charge >= 0.3 is 5.97 Å². The number of rotatable bonds is 10. The van der Waals surface area contributed by atoms with Crippen molar-refractivity contribution in [1.29, 1.82) is 0 Å². The van der Waals surface area contributed by atoms with Gasteiger partial charge in [-0.2, -0.15) is 0 Å². The summed E-state index contributed by atoms with van der Waals surface area (Å²) in [6.07, 6.45) is -0.579. The van der Waals surface area contributed by atoms with Gasteiger partial charge in [-0.15, -0.1) is 0 Å². The number of aromatic amines is 1. The molecule has 2 saturated heterocycles. The van der Waals surface area contributed by atoms with Crippen LogP contribution in [-0.4, -0.2) is 68.7 Å². The number of carbonyl (C=O) groups is 3. The molecule has 6 atom stereocenters. The smallest absolute Gasteiger partial charge is 0.324 e. The molecule has 2 amide bonds. The monoisotopic (exact) mass is 787 g/mol. The van der Waals surface area contributed by atoms with Crippen molar-refractivity contribution in [2.75, 3.05) is 25.1 Å². The third-order valence-electron chi connectivity index (χ3n) is 11.5. The fourth-order valence-electron chi connectivity index (χ4n) is 9.20. The zero-order valence-electron chi connectivity index (χ0n) is 31.9. The molecule has 5 aromatic carbocycles. The van der Waals surface area contributed by atoms with Gasteiger partial charge in [0.05, 0.1) is 48.8 Å². The number of esters is 1. The molecule has 0 aliphatic carbocycles. The van der Waals surface area contributed by atoms with E-state index >= 15 is 14.4 Å². The van der Waals surface area contributed by atoms with Crippen molar-refractivity contribution in [1.82, 2.24) is 20.2 Å². The Balaban J connectivity index is 1.29. The lowest BCUT2D eigenvalue weighted by atomic mass is 9.65. The number of H-pyrrole nitrogens is 1. The summed E-state index contributed by atoms with van der Waals surface area (Å²) in [6.45, 7) is -0.302. The van der Waals surface area contributed by atoms with Crippen molar-refractivity contribution in [3.8, 4) is 17.6 Å². The highest BCUT2D eigenvalue weighted by atomic mass is 16.6. The highest BCUT2D eigenvalue weighted by Gasteiger charge is 2.74. The number of hydrogen-bond acceptors (Lipinski definition) is 9. The molecule has 0 radical (unpaired) electrons. The number of ether oxygens (including phenoxy) is 2. The number of aliphatic hydroxyl groups is 2. The maximum Gasteiger partial charge on any atom is 0.324 e. The lowest BCUT2D eigenvalue weighted by molar-refractivity contribution is -0.178. The van der Waals surface area contributed by atoms with Crippen LogP contribution < -0.4 is 15.4 Å². The number of aliphatic hydroxyl groups excluding tert-OH is 2. The molecule has 0 saturated carbocycles. The molecule has 6 aromatic rings. The number of nitrogens with zero attached hydrogens (tertiary/aromatic N) is 2. The van der Waals surface area contributed by atoms with Crippen LogP contribution >= 0.6 is 0 Å². The number of morpholine rings is 1. The second-order valence-corrected chi connectivity index (χ2v) is 14.8. The summed E-state index contributed by atoms with van der Waals surface area (Å²) < 4.78 is 12.4. The average Bonchev–Trinajstić information content (AvgIpc) is 3.93. The van der Waals surface area contributed by atoms with Gasteiger partial charge in [-0.1, -0.05) is 96.8 Å². The molecule has 2 fully saturated rings. The predicted octanol–water partition coefficient (Wildman–Crippen LogP) is 5.26. The molecule has 12 heteroatoms. The summed E-state index contributed by atoms with van der Waals surface area (Å²) in [5.74, 6) is 4.04. The van der Waals surface area contributed by atoms with Crippen LogP contribution in [0.5, 0.6) is 5.75 Å². The van der Waals surface area contributed by atoms with Crippen molar-refractivity contribution in [3.63, 3.8) is 0 Å². The third-order valence-corrected chi connectivity index (χ3v) is 11.5. The van der Waals surface area contributed by atoms with E-state index in [0.29, 0.717) is 34.0 Å². The van der Waals surface area contributed by atoms with Gasteiger partial charge in [-0.25, -0.2) is 4.98 Å². The molecular formula is C47H41N5O7. The Labute approximate surface area is 340 Å². The molecule has 296 valence electrons. The molecule has 3 aliphatic rings. The lowest BCUT2D eigenvalue weighted by Crippen LogP contribution is -2.54. The van der Waals surface area contributed by atoms with E-state index in [4.69, 9.17) is 9.47 Å². The number of benzene rings is 5. The van der Waals surface area contributed by atoms with Gasteiger partial charge in [0.1, 0.15) is 35.7 Å². The van der Waals surface area contributed by atoms with Crippen LogP contribution in [0, 0.1) is 17.8 Å². The highest BCUT2D eigenvalue weighted by molar-refractivity contribution is 6.12. The van der Waals surface area contributed by atoms with E-state index in [9.17, 15) is 10.2 Å². The first-order chi connectivity index (χ1) is 28.9. The molecule has 0 bridgehead atoms. The Morgan fingerprint density at radius 3 is 2.36 bits per heavy atom. The zero-order chi connectivity index (χ0) is 40.5. The third kappa shape index (κ3) is 6.59. The van der Waals surface area contributed by atoms with Crippen molar-refractivity contribution in [2.24, 2.45) is 5.92 Å². The number of para-hydroxylation sites is 2. The topological polar surface area (TPSA) is 166 Å². The number of carbonyl (C=O) groups excluding carboxylic acids is 3. The summed E-state index contributed by atoms with van der Waals surface area (Å²) >= 11 is 0. The number of imidazole rings is 1. The van der Waals surface area contributed by atoms with Gasteiger partial charge in [-0.3, -0.25) is 19.3 Å². The van der Waals surface area contributed by atoms with E-state index in [0.717, 1.165) is 22.2 Å². The van der Waals surface area contributed by atoms with E-state index < -0.39 is 53.3 Å². The number of aromatic nitrogens is 2. The van der Waals surface area contributed by atoms with E-state index in [1.54, 1.807) is 24.3 Å². The fourth-order valence-corrected chi connectivity index (χ4v) is 9.20. The second kappa shape index (κ2) is 15.9. The van der Waals surface area contributed by atoms with Gasteiger partial charge in [-0.05, 0) is 64.7 Å². The van der Waals surface area contributed by atoms with Crippen LogP contribution in [0.4, 0.5) is 5.69 Å². The maximum absolute atomic E-state index is 15.4. The van der Waals surface area contributed by atoms with Crippen LogP contribution in [-0.2, 0) is 31.1 Å². The van der Waals surface area contributed by atoms with Crippen molar-refractivity contribution < 1.29 is 34.1 Å². The quantitative estimate of drug-likeness (QED) is 0.0921. The van der Waals surface area contributed by atoms with E-state index in [2.05, 4.69) is 32.4 Å². The minimum absolute atomic E-state index is 0.00703. The van der Waals surface area contributed by atoms with Gasteiger partial charge in [0.2, 0.25) is 11.8 Å². The summed E-state index contributed by atoms with van der Waals surface area (Å²) in [7, 11) is 0. The average molecular weight is 788 g/mol. The molecule has 9 rings (SSSR count). The van der Waals surface area contributed by atoms with Crippen molar-refractivity contribution in [3.05, 3.63) is 161 Å². The van der Waals surface area contributed by atoms with Gasteiger partial charge < -0.3 is 35.3 Å². The van der Waals surface area contributed by atoms with Gasteiger partial charge in [0.15, 0.2) is 0 Å². The second-order valence-electron chi connectivity index (χ2n) is 14.8. The molecule has 5 N–H and O–H groups in total. The number of fused-ring (bicyclic) bond motifs is 4. The summed E-state index contributed by atoms with van der Waals surface area (Å²) in [6, 6.07) is 36.4. The van der Waals surface area contributed by atoms with Crippen LogP contribution in [0.1, 0.15) is 58.3 Å². The minimum atomic E-state index is -1.74. The van der Waals surface area contributed by atoms with Gasteiger partial charge in [0, 0.05) is 17.7 Å². The normalized spacial score (nSPS) is 23.2. The zero-order valence-corrected chi connectivity index (χ0v) is 31.9. The Morgan fingerprint density at radius 1 is 0.847 bits per heavy atom. The highest BCUT2D eigenvalue weighted by Crippen LogP contribution is 2.65. The number of cyclic esters (lactones) is 1.